The Morgan fingerprint density at radius 3 is 1.42 bits per heavy atom. The fourth-order valence-electron chi connectivity index (χ4n) is 2.72. The van der Waals surface area contributed by atoms with E-state index in [2.05, 4.69) is 0 Å². The molecule has 0 aliphatic carbocycles. The molecule has 3 saturated heterocycles. The van der Waals surface area contributed by atoms with Gasteiger partial charge in [0.2, 0.25) is 0 Å². The molecule has 0 aromatic carbocycles. The molecule has 0 spiro atoms. The molecule has 10 nitrogen and oxygen atoms in total. The lowest BCUT2D eigenvalue weighted by molar-refractivity contribution is -0.132. The van der Waals surface area contributed by atoms with E-state index in [1.807, 2.05) is 0 Å². The van der Waals surface area contributed by atoms with Crippen LogP contribution < -0.4 is 0 Å². The molecule has 4 N–H and O–H groups in total. The molecule has 0 amide bonds. The van der Waals surface area contributed by atoms with Crippen molar-refractivity contribution in [1.82, 2.24) is 0 Å². The second kappa shape index (κ2) is 8.04. The number of hydrogen-bond acceptors (Lipinski definition) is 12. The summed E-state index contributed by atoms with van der Waals surface area (Å²) in [5.41, 5.74) is 0. The summed E-state index contributed by atoms with van der Waals surface area (Å²) in [6.45, 7) is -0.614. The third-order valence-electron chi connectivity index (χ3n) is 3.99. The van der Waals surface area contributed by atoms with Crippen LogP contribution >= 0.6 is 12.7 Å². The van der Waals surface area contributed by atoms with Gasteiger partial charge in [-0.3, -0.25) is 0 Å². The van der Waals surface area contributed by atoms with E-state index in [1.54, 1.807) is 0 Å². The largest absolute Gasteiger partial charge is 0.385 e. The first-order valence-electron chi connectivity index (χ1n) is 7.45. The lowest BCUT2D eigenvalue weighted by Gasteiger charge is -2.32. The van der Waals surface area contributed by atoms with Gasteiger partial charge in [-0.05, 0) is 23.6 Å². The first kappa shape index (κ1) is 21.7. The van der Waals surface area contributed by atoms with Crippen molar-refractivity contribution in [2.24, 2.45) is 0 Å². The van der Waals surface area contributed by atoms with Crippen LogP contribution in [-0.4, -0.2) is 98.0 Å². The maximum atomic E-state index is 10.0. The summed E-state index contributed by atoms with van der Waals surface area (Å²) in [5.74, 6) is 0. The molecule has 0 aromatic heterocycles. The quantitative estimate of drug-likeness (QED) is 0.237. The minimum absolute atomic E-state index is 0.307. The van der Waals surface area contributed by atoms with Crippen molar-refractivity contribution in [3.63, 3.8) is 0 Å². The van der Waals surface area contributed by atoms with Gasteiger partial charge in [-0.1, -0.05) is 0 Å². The summed E-state index contributed by atoms with van der Waals surface area (Å²) in [5, 5.41) is 39.4. The smallest absolute Gasteiger partial charge is 0.200 e. The van der Waals surface area contributed by atoms with Gasteiger partial charge in [0.05, 0.1) is 13.2 Å². The lowest BCUT2D eigenvalue weighted by Crippen LogP contribution is -2.39. The van der Waals surface area contributed by atoms with E-state index in [4.69, 9.17) is 66.3 Å². The van der Waals surface area contributed by atoms with Crippen LogP contribution in [-0.2, 0) is 51.2 Å². The van der Waals surface area contributed by atoms with Gasteiger partial charge in [0.15, 0.2) is 27.7 Å². The Balaban J connectivity index is 1.85. The van der Waals surface area contributed by atoms with E-state index in [-0.39, 0.29) is 13.2 Å². The van der Waals surface area contributed by atoms with E-state index < -0.39 is 61.9 Å². The SMILES string of the molecule is [B]P1(=S)OCC2OC(O)C(O)C2OP([B])(=S)OCC2OC(O)C(O)C2O1. The highest BCUT2D eigenvalue weighted by atomic mass is 32.5. The van der Waals surface area contributed by atoms with Gasteiger partial charge in [0, 0.05) is 0 Å². The number of fused-ring (bicyclic) bond motifs is 2. The van der Waals surface area contributed by atoms with Crippen LogP contribution in [0, 0.1) is 0 Å². The van der Waals surface area contributed by atoms with Gasteiger partial charge in [0.1, 0.15) is 49.4 Å². The van der Waals surface area contributed by atoms with Gasteiger partial charge >= 0.3 is 0 Å². The van der Waals surface area contributed by atoms with E-state index >= 15 is 0 Å². The zero-order valence-corrected chi connectivity index (χ0v) is 16.6. The van der Waals surface area contributed by atoms with Crippen LogP contribution in [0.4, 0.5) is 0 Å². The van der Waals surface area contributed by atoms with Crippen LogP contribution in [0.1, 0.15) is 0 Å². The standard InChI is InChI=1S/C10H16B2O10P2S2/c11-23(25)17-1-3-7(5(13)9(15)19-3)21-24(12,26)18-2-4-8(22-23)6(14)10(16)20-4/h3-10,13-16H,1-2H2. The van der Waals surface area contributed by atoms with Gasteiger partial charge < -0.3 is 48.0 Å². The van der Waals surface area contributed by atoms with Crippen LogP contribution in [0.25, 0.3) is 0 Å². The molecule has 0 bridgehead atoms. The Morgan fingerprint density at radius 2 is 1.08 bits per heavy atom. The summed E-state index contributed by atoms with van der Waals surface area (Å²) >= 11 is 10.2. The lowest BCUT2D eigenvalue weighted by atomic mass is 10.1. The summed E-state index contributed by atoms with van der Waals surface area (Å²) in [4.78, 5) is 0. The monoisotopic (exact) mass is 444 g/mol. The Labute approximate surface area is 162 Å². The molecule has 144 valence electrons. The molecular formula is C10H16B2O10P2S2. The Morgan fingerprint density at radius 1 is 0.731 bits per heavy atom. The first-order chi connectivity index (χ1) is 12.0. The van der Waals surface area contributed by atoms with Crippen molar-refractivity contribution in [2.75, 3.05) is 13.2 Å². The average molecular weight is 444 g/mol. The van der Waals surface area contributed by atoms with Crippen LogP contribution in [0.3, 0.4) is 0 Å². The van der Waals surface area contributed by atoms with E-state index in [0.717, 1.165) is 0 Å². The highest BCUT2D eigenvalue weighted by Gasteiger charge is 2.49. The molecule has 3 aliphatic heterocycles. The van der Waals surface area contributed by atoms with Gasteiger partial charge in [0.25, 0.3) is 0 Å². The zero-order valence-electron chi connectivity index (χ0n) is 13.1. The average Bonchev–Trinajstić information content (AvgIpc) is 2.95. The van der Waals surface area contributed by atoms with E-state index in [0.29, 0.717) is 0 Å². The molecule has 3 heterocycles. The van der Waals surface area contributed by atoms with Crippen molar-refractivity contribution >= 4 is 51.5 Å². The summed E-state index contributed by atoms with van der Waals surface area (Å²) in [6.07, 6.45) is -17.1. The molecule has 4 radical (unpaired) electrons. The summed E-state index contributed by atoms with van der Waals surface area (Å²) in [6, 6.07) is 0. The normalized spacial score (nSPS) is 56.2. The zero-order chi connectivity index (χ0) is 19.3. The second-order valence-electron chi connectivity index (χ2n) is 5.92. The molecule has 0 aromatic rings. The predicted octanol–water partition coefficient (Wildman–Crippen LogP) is -2.25. The highest BCUT2D eigenvalue weighted by Crippen LogP contribution is 2.51. The minimum atomic E-state index is -3.41. The van der Waals surface area contributed by atoms with Crippen molar-refractivity contribution in [3.8, 4) is 0 Å². The fraction of sp³-hybridized carbons (Fsp3) is 1.00. The van der Waals surface area contributed by atoms with Crippen LogP contribution in [0.15, 0.2) is 0 Å². The molecule has 16 heteroatoms. The van der Waals surface area contributed by atoms with E-state index in [1.165, 1.54) is 0 Å². The van der Waals surface area contributed by atoms with Gasteiger partial charge in [-0.25, -0.2) is 0 Å². The topological polar surface area (TPSA) is 136 Å². The van der Waals surface area contributed by atoms with Crippen LogP contribution in [0.2, 0.25) is 0 Å². The molecule has 3 fully saturated rings. The molecule has 3 aliphatic rings. The number of aliphatic hydroxyl groups is 4. The van der Waals surface area contributed by atoms with Gasteiger partial charge in [-0.15, -0.1) is 0 Å². The third-order valence-corrected chi connectivity index (χ3v) is 7.23. The highest BCUT2D eigenvalue weighted by molar-refractivity contribution is 8.21. The predicted molar refractivity (Wildman–Crippen MR) is 95.5 cm³/mol. The van der Waals surface area contributed by atoms with Gasteiger partial charge in [-0.2, -0.15) is 0 Å². The summed E-state index contributed by atoms with van der Waals surface area (Å²) in [7, 11) is 11.7. The number of hydrogen-bond donors (Lipinski definition) is 4. The molecule has 10 unspecified atom stereocenters. The molecule has 0 saturated carbocycles. The molecule has 3 rings (SSSR count). The fourth-order valence-corrected chi connectivity index (χ4v) is 5.71. The van der Waals surface area contributed by atoms with Crippen molar-refractivity contribution < 1.29 is 48.0 Å². The molecule has 26 heavy (non-hydrogen) atoms. The van der Waals surface area contributed by atoms with Crippen LogP contribution in [0.5, 0.6) is 0 Å². The third kappa shape index (κ3) is 4.77. The van der Waals surface area contributed by atoms with Crippen molar-refractivity contribution in [3.05, 3.63) is 0 Å². The summed E-state index contributed by atoms with van der Waals surface area (Å²) < 4.78 is 32.0. The number of rotatable bonds is 0. The maximum absolute atomic E-state index is 10.0. The Kier molecular flexibility index (Phi) is 6.72. The van der Waals surface area contributed by atoms with Crippen molar-refractivity contribution in [2.45, 2.75) is 49.2 Å². The van der Waals surface area contributed by atoms with Crippen molar-refractivity contribution in [1.29, 1.82) is 0 Å². The minimum Gasteiger partial charge on any atom is -0.385 e. The first-order valence-corrected chi connectivity index (χ1v) is 12.9. The Hall–Kier alpha value is 1.03. The Bertz CT molecular complexity index is 579. The second-order valence-corrected chi connectivity index (χ2v) is 12.1. The molecule has 10 atom stereocenters. The van der Waals surface area contributed by atoms with E-state index in [9.17, 15) is 20.4 Å². The number of ether oxygens (including phenoxy) is 2. The number of aliphatic hydroxyl groups excluding tert-OH is 4. The maximum Gasteiger partial charge on any atom is 0.200 e. The molecular weight excluding hydrogens is 428 g/mol.